The molecule has 0 radical (unpaired) electrons. The van der Waals surface area contributed by atoms with E-state index in [9.17, 15) is 5.21 Å². The fourth-order valence-electron chi connectivity index (χ4n) is 2.07. The highest BCUT2D eigenvalue weighted by atomic mass is 16.5. The molecule has 0 fully saturated rings. The van der Waals surface area contributed by atoms with E-state index in [0.29, 0.717) is 11.6 Å². The molecule has 0 bridgehead atoms. The van der Waals surface area contributed by atoms with Crippen molar-refractivity contribution in [3.8, 4) is 0 Å². The van der Waals surface area contributed by atoms with E-state index in [1.165, 1.54) is 5.56 Å². The van der Waals surface area contributed by atoms with Gasteiger partial charge in [-0.1, -0.05) is 26.0 Å². The van der Waals surface area contributed by atoms with Crippen LogP contribution in [0.5, 0.6) is 0 Å². The first-order valence-electron chi connectivity index (χ1n) is 7.16. The van der Waals surface area contributed by atoms with Crippen LogP contribution in [0.1, 0.15) is 30.9 Å². The molecule has 21 heavy (non-hydrogen) atoms. The first-order chi connectivity index (χ1) is 9.97. The molecule has 3 nitrogen and oxygen atoms in total. The van der Waals surface area contributed by atoms with E-state index in [0.717, 1.165) is 16.0 Å². The summed E-state index contributed by atoms with van der Waals surface area (Å²) in [4.78, 5) is 2.03. The Bertz CT molecular complexity index is 611. The van der Waals surface area contributed by atoms with E-state index in [-0.39, 0.29) is 0 Å². The maximum absolute atomic E-state index is 12.2. The Morgan fingerprint density at radius 1 is 0.952 bits per heavy atom. The average Bonchev–Trinajstić information content (AvgIpc) is 2.47. The van der Waals surface area contributed by atoms with Crippen molar-refractivity contribution >= 4 is 17.6 Å². The van der Waals surface area contributed by atoms with Gasteiger partial charge in [0.05, 0.1) is 0 Å². The number of rotatable bonds is 4. The summed E-state index contributed by atoms with van der Waals surface area (Å²) >= 11 is 0. The Labute approximate surface area is 126 Å². The molecule has 0 spiro atoms. The Morgan fingerprint density at radius 3 is 2.00 bits per heavy atom. The molecule has 0 N–H and O–H groups in total. The van der Waals surface area contributed by atoms with Crippen LogP contribution in [0.4, 0.5) is 11.4 Å². The van der Waals surface area contributed by atoms with Gasteiger partial charge in [-0.05, 0) is 35.7 Å². The Morgan fingerprint density at radius 2 is 1.52 bits per heavy atom. The highest BCUT2D eigenvalue weighted by Crippen LogP contribution is 2.19. The van der Waals surface area contributed by atoms with Crippen LogP contribution in [-0.2, 0) is 0 Å². The minimum atomic E-state index is 0.474. The molecule has 0 atom stereocenters. The van der Waals surface area contributed by atoms with Crippen molar-refractivity contribution in [2.45, 2.75) is 19.8 Å². The van der Waals surface area contributed by atoms with Crippen LogP contribution in [0.15, 0.2) is 48.5 Å². The normalized spacial score (nSPS) is 11.8. The lowest BCUT2D eigenvalue weighted by molar-refractivity contribution is -0.354. The standard InChI is InChI=1S/C18H22N2O/c1-14(2)16-7-11-18(12-8-16)20(21)13-15-5-9-17(10-6-15)19(3)4/h5-14H,1-4H3. The molecule has 0 unspecified atom stereocenters. The van der Waals surface area contributed by atoms with Crippen LogP contribution in [0, 0.1) is 5.21 Å². The van der Waals surface area contributed by atoms with Gasteiger partial charge < -0.3 is 10.1 Å². The molecule has 0 aliphatic carbocycles. The number of benzene rings is 2. The van der Waals surface area contributed by atoms with Gasteiger partial charge in [-0.3, -0.25) is 0 Å². The van der Waals surface area contributed by atoms with E-state index >= 15 is 0 Å². The number of hydrogen-bond donors (Lipinski definition) is 0. The summed E-state index contributed by atoms with van der Waals surface area (Å²) in [6, 6.07) is 15.6. The van der Waals surface area contributed by atoms with Gasteiger partial charge in [-0.25, -0.2) is 0 Å². The van der Waals surface area contributed by atoms with Crippen molar-refractivity contribution < 1.29 is 4.74 Å². The van der Waals surface area contributed by atoms with E-state index in [2.05, 4.69) is 13.8 Å². The molecule has 0 aliphatic rings. The van der Waals surface area contributed by atoms with Gasteiger partial charge in [0.25, 0.3) is 0 Å². The van der Waals surface area contributed by atoms with Crippen molar-refractivity contribution in [2.24, 2.45) is 0 Å². The third kappa shape index (κ3) is 3.85. The van der Waals surface area contributed by atoms with E-state index in [1.54, 1.807) is 6.21 Å². The minimum absolute atomic E-state index is 0.474. The zero-order valence-corrected chi connectivity index (χ0v) is 13.1. The van der Waals surface area contributed by atoms with Gasteiger partial charge >= 0.3 is 0 Å². The van der Waals surface area contributed by atoms with Crippen LogP contribution in [0.3, 0.4) is 0 Å². The molecule has 0 saturated carbocycles. The van der Waals surface area contributed by atoms with Crippen LogP contribution >= 0.6 is 0 Å². The highest BCUT2D eigenvalue weighted by molar-refractivity contribution is 5.77. The van der Waals surface area contributed by atoms with Gasteiger partial charge in [0.15, 0.2) is 6.21 Å². The molecule has 2 aromatic rings. The van der Waals surface area contributed by atoms with Gasteiger partial charge in [-0.2, -0.15) is 4.74 Å². The van der Waals surface area contributed by atoms with Crippen LogP contribution in [0.2, 0.25) is 0 Å². The third-order valence-corrected chi connectivity index (χ3v) is 3.49. The molecule has 0 aromatic heterocycles. The van der Waals surface area contributed by atoms with E-state index < -0.39 is 0 Å². The lowest BCUT2D eigenvalue weighted by Gasteiger charge is -2.11. The molecular weight excluding hydrogens is 260 g/mol. The Balaban J connectivity index is 2.19. The summed E-state index contributed by atoms with van der Waals surface area (Å²) < 4.78 is 0.911. The van der Waals surface area contributed by atoms with Crippen molar-refractivity contribution in [1.82, 2.24) is 0 Å². The monoisotopic (exact) mass is 282 g/mol. The maximum Gasteiger partial charge on any atom is 0.216 e. The highest BCUT2D eigenvalue weighted by Gasteiger charge is 2.04. The van der Waals surface area contributed by atoms with Crippen molar-refractivity contribution in [3.63, 3.8) is 0 Å². The molecular formula is C18H22N2O. The molecule has 0 aliphatic heterocycles. The second-order valence-corrected chi connectivity index (χ2v) is 5.69. The van der Waals surface area contributed by atoms with E-state index in [1.807, 2.05) is 67.5 Å². The van der Waals surface area contributed by atoms with Crippen LogP contribution in [0.25, 0.3) is 0 Å². The predicted octanol–water partition coefficient (Wildman–Crippen LogP) is 4.14. The van der Waals surface area contributed by atoms with E-state index in [4.69, 9.17) is 0 Å². The van der Waals surface area contributed by atoms with Gasteiger partial charge in [0, 0.05) is 37.5 Å². The largest absolute Gasteiger partial charge is 0.618 e. The molecule has 3 heteroatoms. The van der Waals surface area contributed by atoms with Crippen molar-refractivity contribution in [3.05, 3.63) is 64.9 Å². The second-order valence-electron chi connectivity index (χ2n) is 5.69. The van der Waals surface area contributed by atoms with Crippen molar-refractivity contribution in [2.75, 3.05) is 19.0 Å². The Kier molecular flexibility index (Phi) is 4.63. The zero-order valence-electron chi connectivity index (χ0n) is 13.1. The molecule has 0 heterocycles. The first kappa shape index (κ1) is 15.1. The summed E-state index contributed by atoms with van der Waals surface area (Å²) in [7, 11) is 3.99. The lowest BCUT2D eigenvalue weighted by Crippen LogP contribution is -2.08. The first-order valence-corrected chi connectivity index (χ1v) is 7.16. The molecule has 2 aromatic carbocycles. The molecule has 2 rings (SSSR count). The third-order valence-electron chi connectivity index (χ3n) is 3.49. The molecule has 0 saturated heterocycles. The quantitative estimate of drug-likeness (QED) is 0.365. The lowest BCUT2D eigenvalue weighted by atomic mass is 10.0. The SMILES string of the molecule is CC(C)c1ccc([N+]([O-])=Cc2ccc(N(C)C)cc2)cc1. The fourth-order valence-corrected chi connectivity index (χ4v) is 2.07. The van der Waals surface area contributed by atoms with Crippen molar-refractivity contribution in [1.29, 1.82) is 0 Å². The summed E-state index contributed by atoms with van der Waals surface area (Å²) in [5, 5.41) is 12.2. The summed E-state index contributed by atoms with van der Waals surface area (Å²) in [6.45, 7) is 4.28. The second kappa shape index (κ2) is 6.44. The minimum Gasteiger partial charge on any atom is -0.618 e. The summed E-state index contributed by atoms with van der Waals surface area (Å²) in [5.41, 5.74) is 3.90. The topological polar surface area (TPSA) is 29.3 Å². The Hall–Kier alpha value is -2.29. The predicted molar refractivity (Wildman–Crippen MR) is 89.8 cm³/mol. The fraction of sp³-hybridized carbons (Fsp3) is 0.278. The average molecular weight is 282 g/mol. The number of hydrogen-bond acceptors (Lipinski definition) is 2. The van der Waals surface area contributed by atoms with Gasteiger partial charge in [0.1, 0.15) is 0 Å². The molecule has 110 valence electrons. The molecule has 0 amide bonds. The van der Waals surface area contributed by atoms with Gasteiger partial charge in [-0.15, -0.1) is 0 Å². The number of nitrogens with zero attached hydrogens (tertiary/aromatic N) is 2. The zero-order chi connectivity index (χ0) is 15.4. The smallest absolute Gasteiger partial charge is 0.216 e. The summed E-state index contributed by atoms with van der Waals surface area (Å²) in [6.07, 6.45) is 1.60. The van der Waals surface area contributed by atoms with Crippen LogP contribution in [-0.4, -0.2) is 25.0 Å². The van der Waals surface area contributed by atoms with Crippen LogP contribution < -0.4 is 4.90 Å². The number of anilines is 1. The summed E-state index contributed by atoms with van der Waals surface area (Å²) in [5.74, 6) is 0.474. The van der Waals surface area contributed by atoms with Gasteiger partial charge in [0.2, 0.25) is 5.69 Å². The maximum atomic E-state index is 12.2.